The average molecular weight is 298 g/mol. The predicted molar refractivity (Wildman–Crippen MR) is 83.9 cm³/mol. The van der Waals surface area contributed by atoms with Gasteiger partial charge in [0.1, 0.15) is 6.54 Å². The number of benzene rings is 1. The maximum atomic E-state index is 12.1. The zero-order valence-corrected chi connectivity index (χ0v) is 12.6. The van der Waals surface area contributed by atoms with Gasteiger partial charge in [-0.3, -0.25) is 4.79 Å². The lowest BCUT2D eigenvalue weighted by molar-refractivity contribution is -0.114. The Morgan fingerprint density at radius 2 is 2.05 bits per heavy atom. The van der Waals surface area contributed by atoms with Crippen LogP contribution < -0.4 is 15.0 Å². The van der Waals surface area contributed by atoms with Crippen LogP contribution in [0, 0.1) is 0 Å². The maximum Gasteiger partial charge on any atom is 0.244 e. The number of nitrogens with zero attached hydrogens (tertiary/aromatic N) is 3. The lowest BCUT2D eigenvalue weighted by atomic mass is 10.2. The minimum atomic E-state index is -0.0799. The molecule has 3 rings (SSSR count). The van der Waals surface area contributed by atoms with Crippen LogP contribution in [0.1, 0.15) is 19.4 Å². The Bertz CT molecular complexity index is 687. The van der Waals surface area contributed by atoms with Crippen LogP contribution in [-0.2, 0) is 11.3 Å². The highest BCUT2D eigenvalue weighted by molar-refractivity contribution is 5.95. The molecule has 1 aliphatic heterocycles. The zero-order chi connectivity index (χ0) is 15.5. The van der Waals surface area contributed by atoms with E-state index in [-0.39, 0.29) is 18.6 Å². The summed E-state index contributed by atoms with van der Waals surface area (Å²) in [4.78, 5) is 22.6. The molecule has 2 heterocycles. The Labute approximate surface area is 129 Å². The monoisotopic (exact) mass is 298 g/mol. The van der Waals surface area contributed by atoms with E-state index >= 15 is 0 Å². The van der Waals surface area contributed by atoms with Crippen LogP contribution in [-0.4, -0.2) is 28.5 Å². The molecule has 0 saturated carbocycles. The van der Waals surface area contributed by atoms with Gasteiger partial charge in [-0.2, -0.15) is 4.98 Å². The van der Waals surface area contributed by atoms with Crippen LogP contribution in [0.15, 0.2) is 36.5 Å². The first-order valence-corrected chi connectivity index (χ1v) is 7.24. The van der Waals surface area contributed by atoms with Gasteiger partial charge in [0, 0.05) is 24.5 Å². The third-order valence-corrected chi connectivity index (χ3v) is 3.24. The Balaban J connectivity index is 1.90. The van der Waals surface area contributed by atoms with Crippen molar-refractivity contribution < 1.29 is 9.53 Å². The second-order valence-corrected chi connectivity index (χ2v) is 5.42. The summed E-state index contributed by atoms with van der Waals surface area (Å²) in [7, 11) is 0. The molecule has 6 heteroatoms. The SMILES string of the molecule is CC(C)Oc1ccnc(N2CC(=O)Nc3ccccc3C2)n1. The standard InChI is InChI=1S/C16H18N4O2/c1-11(2)22-15-7-8-17-16(19-15)20-9-12-5-3-4-6-13(12)18-14(21)10-20/h3-8,11H,9-10H2,1-2H3,(H,18,21). The van der Waals surface area contributed by atoms with Gasteiger partial charge >= 0.3 is 0 Å². The van der Waals surface area contributed by atoms with Crippen molar-refractivity contribution in [2.24, 2.45) is 0 Å². The molecule has 2 aromatic rings. The summed E-state index contributed by atoms with van der Waals surface area (Å²) in [5.74, 6) is 0.923. The summed E-state index contributed by atoms with van der Waals surface area (Å²) in [5, 5.41) is 2.90. The summed E-state index contributed by atoms with van der Waals surface area (Å²) in [6.45, 7) is 4.66. The molecule has 6 nitrogen and oxygen atoms in total. The van der Waals surface area contributed by atoms with Gasteiger partial charge in [-0.15, -0.1) is 0 Å². The molecule has 0 aliphatic carbocycles. The molecule has 0 unspecified atom stereocenters. The van der Waals surface area contributed by atoms with E-state index in [0.717, 1.165) is 11.3 Å². The number of hydrogen-bond donors (Lipinski definition) is 1. The van der Waals surface area contributed by atoms with Crippen LogP contribution >= 0.6 is 0 Å². The Morgan fingerprint density at radius 3 is 2.86 bits per heavy atom. The highest BCUT2D eigenvalue weighted by atomic mass is 16.5. The van der Waals surface area contributed by atoms with Gasteiger partial charge in [0.15, 0.2) is 0 Å². The summed E-state index contributed by atoms with van der Waals surface area (Å²) < 4.78 is 5.59. The quantitative estimate of drug-likeness (QED) is 0.941. The van der Waals surface area contributed by atoms with E-state index in [1.54, 1.807) is 12.3 Å². The van der Waals surface area contributed by atoms with Gasteiger partial charge in [0.2, 0.25) is 17.7 Å². The minimum absolute atomic E-state index is 0.0379. The predicted octanol–water partition coefficient (Wildman–Crippen LogP) is 2.22. The number of amides is 1. The van der Waals surface area contributed by atoms with Crippen molar-refractivity contribution in [1.82, 2.24) is 9.97 Å². The number of aromatic nitrogens is 2. The molecule has 0 spiro atoms. The molecule has 1 aliphatic rings. The van der Waals surface area contributed by atoms with Crippen LogP contribution in [0.4, 0.5) is 11.6 Å². The molecular formula is C16H18N4O2. The van der Waals surface area contributed by atoms with Crippen LogP contribution in [0.2, 0.25) is 0 Å². The lowest BCUT2D eigenvalue weighted by Gasteiger charge is -2.20. The molecule has 0 fully saturated rings. The number of para-hydroxylation sites is 1. The Hall–Kier alpha value is -2.63. The van der Waals surface area contributed by atoms with Crippen molar-refractivity contribution in [3.05, 3.63) is 42.1 Å². The second-order valence-electron chi connectivity index (χ2n) is 5.42. The van der Waals surface area contributed by atoms with E-state index in [1.165, 1.54) is 0 Å². The van der Waals surface area contributed by atoms with Gasteiger partial charge in [0.05, 0.1) is 6.10 Å². The van der Waals surface area contributed by atoms with Crippen molar-refractivity contribution in [3.8, 4) is 5.88 Å². The number of anilines is 2. The van der Waals surface area contributed by atoms with Crippen LogP contribution in [0.3, 0.4) is 0 Å². The summed E-state index contributed by atoms with van der Waals surface area (Å²) in [6.07, 6.45) is 1.69. The third kappa shape index (κ3) is 3.16. The first-order valence-electron chi connectivity index (χ1n) is 7.24. The van der Waals surface area contributed by atoms with E-state index in [9.17, 15) is 4.79 Å². The fraction of sp³-hybridized carbons (Fsp3) is 0.312. The Kier molecular flexibility index (Phi) is 3.91. The van der Waals surface area contributed by atoms with E-state index in [2.05, 4.69) is 15.3 Å². The number of fused-ring (bicyclic) bond motifs is 1. The molecule has 22 heavy (non-hydrogen) atoms. The minimum Gasteiger partial charge on any atom is -0.475 e. The fourth-order valence-electron chi connectivity index (χ4n) is 2.34. The molecule has 1 aromatic heterocycles. The normalized spacial score (nSPS) is 14.3. The van der Waals surface area contributed by atoms with Crippen molar-refractivity contribution in [1.29, 1.82) is 0 Å². The lowest BCUT2D eigenvalue weighted by Crippen LogP contribution is -2.31. The van der Waals surface area contributed by atoms with Gasteiger partial charge in [0.25, 0.3) is 0 Å². The van der Waals surface area contributed by atoms with Gasteiger partial charge in [-0.1, -0.05) is 18.2 Å². The highest BCUT2D eigenvalue weighted by Gasteiger charge is 2.21. The first-order chi connectivity index (χ1) is 10.6. The molecule has 1 amide bonds. The molecule has 114 valence electrons. The van der Waals surface area contributed by atoms with Crippen molar-refractivity contribution >= 4 is 17.5 Å². The van der Waals surface area contributed by atoms with E-state index in [4.69, 9.17) is 4.74 Å². The summed E-state index contributed by atoms with van der Waals surface area (Å²) in [5.41, 5.74) is 1.87. The largest absolute Gasteiger partial charge is 0.475 e. The summed E-state index contributed by atoms with van der Waals surface area (Å²) >= 11 is 0. The first kappa shape index (κ1) is 14.3. The second kappa shape index (κ2) is 6.01. The van der Waals surface area contributed by atoms with Crippen LogP contribution in [0.25, 0.3) is 0 Å². The fourth-order valence-corrected chi connectivity index (χ4v) is 2.34. The number of carbonyl (C=O) groups excluding carboxylic acids is 1. The van der Waals surface area contributed by atoms with E-state index in [1.807, 2.05) is 43.0 Å². The highest BCUT2D eigenvalue weighted by Crippen LogP contribution is 2.23. The third-order valence-electron chi connectivity index (χ3n) is 3.24. The average Bonchev–Trinajstić information content (AvgIpc) is 2.64. The smallest absolute Gasteiger partial charge is 0.244 e. The van der Waals surface area contributed by atoms with Crippen molar-refractivity contribution in [2.45, 2.75) is 26.5 Å². The molecule has 1 N–H and O–H groups in total. The molecule has 0 bridgehead atoms. The van der Waals surface area contributed by atoms with E-state index < -0.39 is 0 Å². The molecule has 0 saturated heterocycles. The van der Waals surface area contributed by atoms with Gasteiger partial charge in [-0.25, -0.2) is 4.98 Å². The molecule has 1 aromatic carbocycles. The van der Waals surface area contributed by atoms with Gasteiger partial charge < -0.3 is 15.0 Å². The topological polar surface area (TPSA) is 67.3 Å². The van der Waals surface area contributed by atoms with Crippen molar-refractivity contribution in [2.75, 3.05) is 16.8 Å². The van der Waals surface area contributed by atoms with Crippen LogP contribution in [0.5, 0.6) is 5.88 Å². The molecule has 0 radical (unpaired) electrons. The molecular weight excluding hydrogens is 280 g/mol. The maximum absolute atomic E-state index is 12.1. The van der Waals surface area contributed by atoms with E-state index in [0.29, 0.717) is 18.4 Å². The zero-order valence-electron chi connectivity index (χ0n) is 12.6. The summed E-state index contributed by atoms with van der Waals surface area (Å²) in [6, 6.07) is 9.46. The number of ether oxygens (including phenoxy) is 1. The number of rotatable bonds is 3. The van der Waals surface area contributed by atoms with Crippen molar-refractivity contribution in [3.63, 3.8) is 0 Å². The van der Waals surface area contributed by atoms with Gasteiger partial charge in [-0.05, 0) is 25.5 Å². The molecule has 0 atom stereocenters. The Morgan fingerprint density at radius 1 is 1.23 bits per heavy atom. The number of hydrogen-bond acceptors (Lipinski definition) is 5. The number of carbonyl (C=O) groups is 1. The number of nitrogens with one attached hydrogen (secondary N) is 1.